The molecule has 166 valence electrons. The standard InChI is InChI=1S/C27H30N2O3/c1-27(26-28-16-17-29-26,19-8-3-2-4-9-19)32-25-15-14-22-21(12-7-13-24(22)30)23(25)18-31-20-10-5-6-11-20/h2-4,8-9,14-17,20H,5-7,10-13,18H2,1H3,(H,28,29)/t27-/m0/s1. The lowest BCUT2D eigenvalue weighted by atomic mass is 9.86. The maximum absolute atomic E-state index is 12.6. The number of ketones is 1. The summed E-state index contributed by atoms with van der Waals surface area (Å²) in [5.74, 6) is 1.72. The van der Waals surface area contributed by atoms with E-state index in [1.165, 1.54) is 12.8 Å². The molecule has 1 saturated carbocycles. The zero-order chi connectivity index (χ0) is 22.0. The van der Waals surface area contributed by atoms with Gasteiger partial charge in [-0.3, -0.25) is 4.79 Å². The predicted molar refractivity (Wildman–Crippen MR) is 123 cm³/mol. The van der Waals surface area contributed by atoms with Gasteiger partial charge >= 0.3 is 0 Å². The first kappa shape index (κ1) is 21.0. The van der Waals surface area contributed by atoms with Crippen molar-refractivity contribution in [3.8, 4) is 5.75 Å². The first-order chi connectivity index (χ1) is 15.6. The third kappa shape index (κ3) is 3.97. The number of aromatic nitrogens is 2. The largest absolute Gasteiger partial charge is 0.474 e. The van der Waals surface area contributed by atoms with Crippen LogP contribution in [0.15, 0.2) is 54.9 Å². The number of ether oxygens (including phenoxy) is 2. The molecule has 0 amide bonds. The number of hydrogen-bond donors (Lipinski definition) is 1. The Bertz CT molecular complexity index is 1070. The van der Waals surface area contributed by atoms with E-state index in [1.54, 1.807) is 6.20 Å². The second kappa shape index (κ2) is 8.91. The Hall–Kier alpha value is -2.92. The minimum Gasteiger partial charge on any atom is -0.474 e. The second-order valence-electron chi connectivity index (χ2n) is 9.00. The van der Waals surface area contributed by atoms with E-state index in [4.69, 9.17) is 9.47 Å². The van der Waals surface area contributed by atoms with E-state index >= 15 is 0 Å². The van der Waals surface area contributed by atoms with E-state index in [9.17, 15) is 4.79 Å². The highest BCUT2D eigenvalue weighted by molar-refractivity contribution is 5.99. The van der Waals surface area contributed by atoms with Crippen LogP contribution in [0, 0.1) is 0 Å². The number of carbonyl (C=O) groups excluding carboxylic acids is 1. The van der Waals surface area contributed by atoms with Gasteiger partial charge < -0.3 is 14.5 Å². The molecule has 0 radical (unpaired) electrons. The monoisotopic (exact) mass is 430 g/mol. The SMILES string of the molecule is C[C@](Oc1ccc2c(c1COC1CCCC1)CCCC2=O)(c1ccccc1)c1ncc[nH]1. The molecule has 5 rings (SSSR count). The third-order valence-corrected chi connectivity index (χ3v) is 6.87. The molecule has 3 aromatic rings. The number of carbonyl (C=O) groups is 1. The molecule has 0 saturated heterocycles. The van der Waals surface area contributed by atoms with Crippen LogP contribution in [-0.2, 0) is 23.4 Å². The maximum Gasteiger partial charge on any atom is 0.188 e. The van der Waals surface area contributed by atoms with Crippen molar-refractivity contribution in [2.45, 2.75) is 70.2 Å². The summed E-state index contributed by atoms with van der Waals surface area (Å²) in [6.45, 7) is 2.51. The lowest BCUT2D eigenvalue weighted by molar-refractivity contribution is 0.0409. The average Bonchev–Trinajstić information content (AvgIpc) is 3.54. The molecule has 1 N–H and O–H groups in total. The number of hydrogen-bond acceptors (Lipinski definition) is 4. The third-order valence-electron chi connectivity index (χ3n) is 6.87. The van der Waals surface area contributed by atoms with Gasteiger partial charge in [-0.05, 0) is 50.3 Å². The highest BCUT2D eigenvalue weighted by atomic mass is 16.5. The summed E-state index contributed by atoms with van der Waals surface area (Å²) in [5.41, 5.74) is 3.13. The van der Waals surface area contributed by atoms with Gasteiger partial charge in [0.1, 0.15) is 5.75 Å². The van der Waals surface area contributed by atoms with Crippen LogP contribution in [-0.4, -0.2) is 21.9 Å². The highest BCUT2D eigenvalue weighted by Crippen LogP contribution is 2.39. The molecule has 0 bridgehead atoms. The Morgan fingerprint density at radius 2 is 1.88 bits per heavy atom. The number of nitrogens with zero attached hydrogens (tertiary/aromatic N) is 1. The summed E-state index contributed by atoms with van der Waals surface area (Å²) >= 11 is 0. The molecule has 5 heteroatoms. The van der Waals surface area contributed by atoms with Gasteiger partial charge in [-0.2, -0.15) is 0 Å². The van der Waals surface area contributed by atoms with E-state index in [-0.39, 0.29) is 5.78 Å². The van der Waals surface area contributed by atoms with Crippen molar-refractivity contribution in [1.82, 2.24) is 9.97 Å². The topological polar surface area (TPSA) is 64.2 Å². The molecular formula is C27H30N2O3. The summed E-state index contributed by atoms with van der Waals surface area (Å²) in [7, 11) is 0. The Morgan fingerprint density at radius 3 is 2.62 bits per heavy atom. The van der Waals surface area contributed by atoms with Crippen molar-refractivity contribution in [1.29, 1.82) is 0 Å². The molecule has 2 aliphatic carbocycles. The van der Waals surface area contributed by atoms with Crippen LogP contribution in [0.4, 0.5) is 0 Å². The van der Waals surface area contributed by atoms with E-state index in [2.05, 4.69) is 22.1 Å². The van der Waals surface area contributed by atoms with E-state index < -0.39 is 5.60 Å². The predicted octanol–water partition coefficient (Wildman–Crippen LogP) is 5.73. The fraction of sp³-hybridized carbons (Fsp3) is 0.407. The number of imidazole rings is 1. The van der Waals surface area contributed by atoms with Crippen molar-refractivity contribution in [2.24, 2.45) is 0 Å². The highest BCUT2D eigenvalue weighted by Gasteiger charge is 2.36. The molecule has 1 heterocycles. The van der Waals surface area contributed by atoms with Gasteiger partial charge in [0.05, 0.1) is 12.7 Å². The number of nitrogens with one attached hydrogen (secondary N) is 1. The number of H-pyrrole nitrogens is 1. The number of aromatic amines is 1. The van der Waals surface area contributed by atoms with Crippen molar-refractivity contribution in [2.75, 3.05) is 0 Å². The fourth-order valence-electron chi connectivity index (χ4n) is 5.03. The number of Topliss-reactive ketones (excluding diaryl/α,β-unsaturated/α-hetero) is 1. The van der Waals surface area contributed by atoms with Crippen LogP contribution in [0.25, 0.3) is 0 Å². The van der Waals surface area contributed by atoms with E-state index in [0.29, 0.717) is 19.1 Å². The molecule has 2 aliphatic rings. The van der Waals surface area contributed by atoms with Crippen LogP contribution < -0.4 is 4.74 Å². The van der Waals surface area contributed by atoms with Gasteiger partial charge in [0.2, 0.25) is 0 Å². The van der Waals surface area contributed by atoms with Gasteiger partial charge in [0.15, 0.2) is 17.2 Å². The molecule has 2 aromatic carbocycles. The van der Waals surface area contributed by atoms with Crippen LogP contribution in [0.3, 0.4) is 0 Å². The number of benzene rings is 2. The van der Waals surface area contributed by atoms with Crippen molar-refractivity contribution >= 4 is 5.78 Å². The molecule has 0 unspecified atom stereocenters. The molecule has 0 aliphatic heterocycles. The summed E-state index contributed by atoms with van der Waals surface area (Å²) in [6, 6.07) is 14.0. The lowest BCUT2D eigenvalue weighted by Crippen LogP contribution is -2.33. The molecule has 32 heavy (non-hydrogen) atoms. The Labute approximate surface area is 189 Å². The van der Waals surface area contributed by atoms with Crippen molar-refractivity contribution in [3.63, 3.8) is 0 Å². The zero-order valence-electron chi connectivity index (χ0n) is 18.6. The summed E-state index contributed by atoms with van der Waals surface area (Å²) in [5, 5.41) is 0. The van der Waals surface area contributed by atoms with Crippen LogP contribution in [0.1, 0.15) is 78.3 Å². The summed E-state index contributed by atoms with van der Waals surface area (Å²) in [4.78, 5) is 20.4. The molecule has 5 nitrogen and oxygen atoms in total. The average molecular weight is 431 g/mol. The molecule has 1 atom stereocenters. The lowest BCUT2D eigenvalue weighted by Gasteiger charge is -2.32. The second-order valence-corrected chi connectivity index (χ2v) is 9.00. The normalized spacial score (nSPS) is 18.3. The zero-order valence-corrected chi connectivity index (χ0v) is 18.6. The Morgan fingerprint density at radius 1 is 1.06 bits per heavy atom. The molecule has 0 spiro atoms. The Balaban J connectivity index is 1.56. The van der Waals surface area contributed by atoms with E-state index in [1.807, 2.05) is 43.5 Å². The fourth-order valence-corrected chi connectivity index (χ4v) is 5.03. The van der Waals surface area contributed by atoms with Gasteiger partial charge in [-0.25, -0.2) is 4.98 Å². The first-order valence-corrected chi connectivity index (χ1v) is 11.7. The minimum absolute atomic E-state index is 0.219. The van der Waals surface area contributed by atoms with Gasteiger partial charge in [-0.1, -0.05) is 43.2 Å². The van der Waals surface area contributed by atoms with Crippen LogP contribution >= 0.6 is 0 Å². The summed E-state index contributed by atoms with van der Waals surface area (Å²) < 4.78 is 13.1. The molecular weight excluding hydrogens is 400 g/mol. The van der Waals surface area contributed by atoms with Crippen LogP contribution in [0.5, 0.6) is 5.75 Å². The number of fused-ring (bicyclic) bond motifs is 1. The maximum atomic E-state index is 12.6. The minimum atomic E-state index is -0.806. The smallest absolute Gasteiger partial charge is 0.188 e. The first-order valence-electron chi connectivity index (χ1n) is 11.7. The summed E-state index contributed by atoms with van der Waals surface area (Å²) in [6.07, 6.45) is 10.9. The van der Waals surface area contributed by atoms with Crippen LogP contribution in [0.2, 0.25) is 0 Å². The van der Waals surface area contributed by atoms with Gasteiger partial charge in [-0.15, -0.1) is 0 Å². The van der Waals surface area contributed by atoms with Crippen molar-refractivity contribution in [3.05, 3.63) is 82.9 Å². The van der Waals surface area contributed by atoms with Crippen molar-refractivity contribution < 1.29 is 14.3 Å². The number of rotatable bonds is 7. The molecule has 1 aromatic heterocycles. The molecule has 1 fully saturated rings. The van der Waals surface area contributed by atoms with Gasteiger partial charge in [0.25, 0.3) is 0 Å². The Kier molecular flexibility index (Phi) is 5.83. The van der Waals surface area contributed by atoms with E-state index in [0.717, 1.165) is 59.5 Å². The van der Waals surface area contributed by atoms with Gasteiger partial charge in [0, 0.05) is 35.5 Å². The quantitative estimate of drug-likeness (QED) is 0.520.